The van der Waals surface area contributed by atoms with E-state index in [1.54, 1.807) is 0 Å². The molecule has 0 radical (unpaired) electrons. The molecule has 0 nitrogen and oxygen atoms in total. The molecule has 19 heavy (non-hydrogen) atoms. The third-order valence-corrected chi connectivity index (χ3v) is 4.40. The Hall–Kier alpha value is 0. The minimum Gasteiger partial charge on any atom is -0.0776 e. The van der Waals surface area contributed by atoms with Gasteiger partial charge in [-0.05, 0) is 29.6 Å². The second-order valence-corrected chi connectivity index (χ2v) is 5.42. The lowest BCUT2D eigenvalue weighted by atomic mass is 9.72. The molecule has 0 aromatic carbocycles. The fraction of sp³-hybridized carbons (Fsp3) is 1.00. The van der Waals surface area contributed by atoms with Gasteiger partial charge in [0.15, 0.2) is 0 Å². The Bertz CT molecular complexity index is 137. The fourth-order valence-electron chi connectivity index (χ4n) is 2.59. The van der Waals surface area contributed by atoms with Gasteiger partial charge in [-0.25, -0.2) is 0 Å². The zero-order chi connectivity index (χ0) is 15.3. The van der Waals surface area contributed by atoms with Crippen molar-refractivity contribution >= 4 is 0 Å². The van der Waals surface area contributed by atoms with E-state index in [4.69, 9.17) is 0 Å². The van der Waals surface area contributed by atoms with Gasteiger partial charge in [0.1, 0.15) is 0 Å². The van der Waals surface area contributed by atoms with Crippen molar-refractivity contribution in [3.05, 3.63) is 0 Å². The highest BCUT2D eigenvalue weighted by molar-refractivity contribution is 4.75. The van der Waals surface area contributed by atoms with Gasteiger partial charge < -0.3 is 0 Å². The van der Waals surface area contributed by atoms with Crippen LogP contribution in [0.3, 0.4) is 0 Å². The topological polar surface area (TPSA) is 0 Å². The van der Waals surface area contributed by atoms with Gasteiger partial charge in [0, 0.05) is 0 Å². The summed E-state index contributed by atoms with van der Waals surface area (Å²) in [4.78, 5) is 0. The molecule has 0 saturated carbocycles. The molecular weight excluding hydrogens is 228 g/mol. The third-order valence-electron chi connectivity index (χ3n) is 4.40. The highest BCUT2D eigenvalue weighted by Crippen LogP contribution is 2.34. The van der Waals surface area contributed by atoms with Crippen LogP contribution in [0.1, 0.15) is 96.4 Å². The Morgan fingerprint density at radius 2 is 1.00 bits per heavy atom. The standard InChI is InChI=1S/C14H30.2C2H6.CH4/c1-8-11(5)14(9-2)13(7)12(6)10(3)4;2*1-2;/h10-14H,8-9H2,1-7H3;2*1-2H3;1H4. The van der Waals surface area contributed by atoms with Crippen molar-refractivity contribution in [2.75, 3.05) is 0 Å². The molecule has 0 aliphatic rings. The lowest BCUT2D eigenvalue weighted by Crippen LogP contribution is -2.26. The average molecular weight is 275 g/mol. The van der Waals surface area contributed by atoms with Crippen molar-refractivity contribution in [3.8, 4) is 0 Å². The van der Waals surface area contributed by atoms with Gasteiger partial charge >= 0.3 is 0 Å². The average Bonchev–Trinajstić information content (AvgIpc) is 2.42. The first-order valence-corrected chi connectivity index (χ1v) is 8.45. The van der Waals surface area contributed by atoms with E-state index in [2.05, 4.69) is 48.5 Å². The number of hydrogen-bond donors (Lipinski definition) is 0. The minimum atomic E-state index is 0. The van der Waals surface area contributed by atoms with E-state index in [0.717, 1.165) is 29.6 Å². The molecule has 0 saturated heterocycles. The zero-order valence-electron chi connectivity index (χ0n) is 15.3. The molecule has 0 aliphatic carbocycles. The maximum Gasteiger partial charge on any atom is -0.0363 e. The predicted molar refractivity (Wildman–Crippen MR) is 95.8 cm³/mol. The molecular formula is C19H46. The summed E-state index contributed by atoms with van der Waals surface area (Å²) in [6, 6.07) is 0. The van der Waals surface area contributed by atoms with Crippen LogP contribution in [0.15, 0.2) is 0 Å². The summed E-state index contributed by atoms with van der Waals surface area (Å²) in [6.07, 6.45) is 2.67. The first-order valence-electron chi connectivity index (χ1n) is 8.45. The van der Waals surface area contributed by atoms with Gasteiger partial charge in [-0.2, -0.15) is 0 Å². The SMILES string of the molecule is C.CC.CC.CCC(C)C(CC)C(C)C(C)C(C)C. The Kier molecular flexibility index (Phi) is 25.9. The van der Waals surface area contributed by atoms with Crippen molar-refractivity contribution < 1.29 is 0 Å². The lowest BCUT2D eigenvalue weighted by Gasteiger charge is -2.34. The van der Waals surface area contributed by atoms with E-state index in [1.165, 1.54) is 12.8 Å². The van der Waals surface area contributed by atoms with Crippen molar-refractivity contribution in [2.45, 2.75) is 96.4 Å². The smallest absolute Gasteiger partial charge is 0.0363 e. The molecule has 0 bridgehead atoms. The lowest BCUT2D eigenvalue weighted by molar-refractivity contribution is 0.154. The van der Waals surface area contributed by atoms with Crippen LogP contribution < -0.4 is 0 Å². The highest BCUT2D eigenvalue weighted by Gasteiger charge is 2.26. The van der Waals surface area contributed by atoms with Gasteiger partial charge in [-0.1, -0.05) is 96.4 Å². The van der Waals surface area contributed by atoms with Crippen LogP contribution in [0.4, 0.5) is 0 Å². The largest absolute Gasteiger partial charge is 0.0776 e. The van der Waals surface area contributed by atoms with E-state index in [-0.39, 0.29) is 7.43 Å². The number of rotatable bonds is 6. The molecule has 0 fully saturated rings. The summed E-state index contributed by atoms with van der Waals surface area (Å²) >= 11 is 0. The van der Waals surface area contributed by atoms with Crippen molar-refractivity contribution in [1.82, 2.24) is 0 Å². The quantitative estimate of drug-likeness (QED) is 0.466. The van der Waals surface area contributed by atoms with E-state index in [1.807, 2.05) is 27.7 Å². The van der Waals surface area contributed by atoms with E-state index in [0.29, 0.717) is 0 Å². The summed E-state index contributed by atoms with van der Waals surface area (Å²) in [5.74, 6) is 4.35. The summed E-state index contributed by atoms with van der Waals surface area (Å²) in [6.45, 7) is 24.7. The van der Waals surface area contributed by atoms with Crippen LogP contribution in [0, 0.1) is 29.6 Å². The summed E-state index contributed by atoms with van der Waals surface area (Å²) < 4.78 is 0. The summed E-state index contributed by atoms with van der Waals surface area (Å²) in [5.41, 5.74) is 0. The van der Waals surface area contributed by atoms with Crippen LogP contribution in [0.25, 0.3) is 0 Å². The van der Waals surface area contributed by atoms with Crippen LogP contribution in [-0.4, -0.2) is 0 Å². The molecule has 4 unspecified atom stereocenters. The van der Waals surface area contributed by atoms with E-state index in [9.17, 15) is 0 Å². The molecule has 0 rings (SSSR count). The van der Waals surface area contributed by atoms with Crippen molar-refractivity contribution in [1.29, 1.82) is 0 Å². The van der Waals surface area contributed by atoms with Crippen molar-refractivity contribution in [3.63, 3.8) is 0 Å². The maximum absolute atomic E-state index is 2.45. The number of hydrogen-bond acceptors (Lipinski definition) is 0. The van der Waals surface area contributed by atoms with E-state index >= 15 is 0 Å². The Balaban J connectivity index is -0.000000204. The molecule has 0 aromatic rings. The van der Waals surface area contributed by atoms with Gasteiger partial charge in [0.2, 0.25) is 0 Å². The van der Waals surface area contributed by atoms with Crippen LogP contribution in [-0.2, 0) is 0 Å². The molecule has 4 atom stereocenters. The highest BCUT2D eigenvalue weighted by atomic mass is 14.3. The Labute approximate surface area is 126 Å². The van der Waals surface area contributed by atoms with Crippen LogP contribution in [0.5, 0.6) is 0 Å². The predicted octanol–water partition coefficient (Wildman–Crippen LogP) is 7.68. The normalized spacial score (nSPS) is 15.8. The van der Waals surface area contributed by atoms with Gasteiger partial charge in [0.05, 0.1) is 0 Å². The first-order chi connectivity index (χ1) is 8.45. The minimum absolute atomic E-state index is 0. The monoisotopic (exact) mass is 274 g/mol. The molecule has 0 aromatic heterocycles. The van der Waals surface area contributed by atoms with Crippen molar-refractivity contribution in [2.24, 2.45) is 29.6 Å². The van der Waals surface area contributed by atoms with Crippen LogP contribution >= 0.6 is 0 Å². The second kappa shape index (κ2) is 18.0. The maximum atomic E-state index is 2.45. The molecule has 0 heterocycles. The molecule has 0 amide bonds. The summed E-state index contributed by atoms with van der Waals surface area (Å²) in [5, 5.41) is 0. The van der Waals surface area contributed by atoms with Gasteiger partial charge in [-0.3, -0.25) is 0 Å². The molecule has 0 spiro atoms. The van der Waals surface area contributed by atoms with E-state index < -0.39 is 0 Å². The fourth-order valence-corrected chi connectivity index (χ4v) is 2.59. The van der Waals surface area contributed by atoms with Gasteiger partial charge in [0.25, 0.3) is 0 Å². The second-order valence-electron chi connectivity index (χ2n) is 5.42. The Morgan fingerprint density at radius 3 is 1.21 bits per heavy atom. The van der Waals surface area contributed by atoms with Crippen LogP contribution in [0.2, 0.25) is 0 Å². The summed E-state index contributed by atoms with van der Waals surface area (Å²) in [7, 11) is 0. The zero-order valence-corrected chi connectivity index (χ0v) is 15.3. The molecule has 0 N–H and O–H groups in total. The molecule has 0 heteroatoms. The third kappa shape index (κ3) is 11.5. The Morgan fingerprint density at radius 1 is 0.632 bits per heavy atom. The first kappa shape index (κ1) is 27.4. The molecule has 0 aliphatic heterocycles. The van der Waals surface area contributed by atoms with Gasteiger partial charge in [-0.15, -0.1) is 0 Å². The molecule has 122 valence electrons.